The van der Waals surface area contributed by atoms with E-state index in [1.54, 1.807) is 17.8 Å². The van der Waals surface area contributed by atoms with Gasteiger partial charge < -0.3 is 10.3 Å². The Balaban J connectivity index is 2.29. The standard InChI is InChI=1S/C13H11N3O2S/c1-6-5-19-13(15-6)7-4-16(2)11-9(17)3-8(14)12(18)10(7)11/h3-5H,14H2,1-2H3. The molecule has 0 aromatic carbocycles. The zero-order valence-corrected chi connectivity index (χ0v) is 11.2. The van der Waals surface area contributed by atoms with E-state index in [1.165, 1.54) is 17.4 Å². The Morgan fingerprint density at radius 1 is 1.37 bits per heavy atom. The highest BCUT2D eigenvalue weighted by molar-refractivity contribution is 7.13. The van der Waals surface area contributed by atoms with E-state index >= 15 is 0 Å². The number of carbonyl (C=O) groups excluding carboxylic acids is 2. The highest BCUT2D eigenvalue weighted by atomic mass is 32.1. The average molecular weight is 273 g/mol. The number of aryl methyl sites for hydroxylation is 2. The minimum Gasteiger partial charge on any atom is -0.395 e. The van der Waals surface area contributed by atoms with Gasteiger partial charge in [0.1, 0.15) is 10.7 Å². The number of fused-ring (bicyclic) bond motifs is 1. The van der Waals surface area contributed by atoms with Crippen LogP contribution in [-0.4, -0.2) is 21.1 Å². The summed E-state index contributed by atoms with van der Waals surface area (Å²) in [5, 5.41) is 2.63. The van der Waals surface area contributed by atoms with Gasteiger partial charge in [0.05, 0.1) is 11.3 Å². The van der Waals surface area contributed by atoms with Gasteiger partial charge in [-0.25, -0.2) is 4.98 Å². The zero-order valence-electron chi connectivity index (χ0n) is 10.4. The first-order chi connectivity index (χ1) is 8.99. The molecule has 2 heterocycles. The Hall–Kier alpha value is -2.21. The van der Waals surface area contributed by atoms with Crippen molar-refractivity contribution in [2.45, 2.75) is 6.92 Å². The molecule has 6 heteroatoms. The van der Waals surface area contributed by atoms with Crippen molar-refractivity contribution in [3.63, 3.8) is 0 Å². The van der Waals surface area contributed by atoms with Crippen LogP contribution in [0.1, 0.15) is 26.5 Å². The van der Waals surface area contributed by atoms with E-state index in [4.69, 9.17) is 5.73 Å². The summed E-state index contributed by atoms with van der Waals surface area (Å²) in [5.74, 6) is -0.549. The van der Waals surface area contributed by atoms with Gasteiger partial charge in [0.2, 0.25) is 11.6 Å². The third-order valence-electron chi connectivity index (χ3n) is 3.04. The Bertz CT molecular complexity index is 752. The van der Waals surface area contributed by atoms with E-state index in [1.807, 2.05) is 12.3 Å². The van der Waals surface area contributed by atoms with Crippen LogP contribution < -0.4 is 5.73 Å². The predicted molar refractivity (Wildman–Crippen MR) is 72.2 cm³/mol. The Labute approximate surface area is 113 Å². The van der Waals surface area contributed by atoms with Crippen molar-refractivity contribution < 1.29 is 9.59 Å². The summed E-state index contributed by atoms with van der Waals surface area (Å²) in [6.45, 7) is 1.89. The number of hydrogen-bond acceptors (Lipinski definition) is 5. The first kappa shape index (κ1) is 11.9. The van der Waals surface area contributed by atoms with E-state index in [0.717, 1.165) is 10.7 Å². The van der Waals surface area contributed by atoms with Crippen LogP contribution in [-0.2, 0) is 7.05 Å². The Morgan fingerprint density at radius 2 is 2.11 bits per heavy atom. The quantitative estimate of drug-likeness (QED) is 0.857. The molecular weight excluding hydrogens is 262 g/mol. The fraction of sp³-hybridized carbons (Fsp3) is 0.154. The van der Waals surface area contributed by atoms with Crippen LogP contribution in [0.25, 0.3) is 10.6 Å². The van der Waals surface area contributed by atoms with Gasteiger partial charge in [-0.15, -0.1) is 11.3 Å². The molecule has 96 valence electrons. The van der Waals surface area contributed by atoms with E-state index in [2.05, 4.69) is 4.98 Å². The average Bonchev–Trinajstić information content (AvgIpc) is 2.90. The maximum Gasteiger partial charge on any atom is 0.211 e. The number of nitrogens with zero attached hydrogens (tertiary/aromatic N) is 2. The van der Waals surface area contributed by atoms with Gasteiger partial charge in [0, 0.05) is 36.0 Å². The molecule has 3 rings (SSSR count). The number of nitrogens with two attached hydrogens (primary N) is 1. The normalized spacial score (nSPS) is 14.5. The maximum atomic E-state index is 12.2. The van der Waals surface area contributed by atoms with Crippen LogP contribution in [0.15, 0.2) is 23.3 Å². The SMILES string of the molecule is Cc1csc(-c2cn(C)c3c2C(=O)C(N)=CC3=O)n1. The van der Waals surface area contributed by atoms with Gasteiger partial charge in [-0.05, 0) is 6.92 Å². The van der Waals surface area contributed by atoms with Gasteiger partial charge in [-0.3, -0.25) is 9.59 Å². The van der Waals surface area contributed by atoms with Gasteiger partial charge >= 0.3 is 0 Å². The molecule has 0 fully saturated rings. The summed E-state index contributed by atoms with van der Waals surface area (Å²) >= 11 is 1.45. The number of aromatic nitrogens is 2. The molecule has 0 saturated heterocycles. The fourth-order valence-corrected chi connectivity index (χ4v) is 3.03. The highest BCUT2D eigenvalue weighted by Gasteiger charge is 2.31. The molecular formula is C13H11N3O2S. The summed E-state index contributed by atoms with van der Waals surface area (Å²) < 4.78 is 1.66. The Kier molecular flexibility index (Phi) is 2.43. The molecule has 0 bridgehead atoms. The summed E-state index contributed by atoms with van der Waals surface area (Å²) in [7, 11) is 1.74. The van der Waals surface area contributed by atoms with E-state index in [-0.39, 0.29) is 17.3 Å². The molecule has 0 aliphatic heterocycles. The van der Waals surface area contributed by atoms with Gasteiger partial charge in [-0.1, -0.05) is 0 Å². The molecule has 19 heavy (non-hydrogen) atoms. The second-order valence-electron chi connectivity index (χ2n) is 4.46. The molecule has 0 atom stereocenters. The molecule has 1 aliphatic rings. The van der Waals surface area contributed by atoms with Gasteiger partial charge in [0.15, 0.2) is 0 Å². The molecule has 2 aromatic rings. The van der Waals surface area contributed by atoms with Crippen LogP contribution in [0.5, 0.6) is 0 Å². The molecule has 1 aliphatic carbocycles. The van der Waals surface area contributed by atoms with Crippen LogP contribution >= 0.6 is 11.3 Å². The van der Waals surface area contributed by atoms with Crippen molar-refractivity contribution in [2.24, 2.45) is 12.8 Å². The van der Waals surface area contributed by atoms with Crippen molar-refractivity contribution in [1.29, 1.82) is 0 Å². The monoisotopic (exact) mass is 273 g/mol. The van der Waals surface area contributed by atoms with Gasteiger partial charge in [-0.2, -0.15) is 0 Å². The van der Waals surface area contributed by atoms with Crippen LogP contribution in [0.4, 0.5) is 0 Å². The van der Waals surface area contributed by atoms with Crippen molar-refractivity contribution in [1.82, 2.24) is 9.55 Å². The number of ketones is 2. The Morgan fingerprint density at radius 3 is 2.74 bits per heavy atom. The zero-order chi connectivity index (χ0) is 13.7. The molecule has 0 amide bonds. The molecule has 0 radical (unpaired) electrons. The topological polar surface area (TPSA) is 78.0 Å². The summed E-state index contributed by atoms with van der Waals surface area (Å²) in [5.41, 5.74) is 7.89. The minimum absolute atomic E-state index is 0.0155. The van der Waals surface area contributed by atoms with Crippen molar-refractivity contribution in [3.05, 3.63) is 40.3 Å². The molecule has 0 unspecified atom stereocenters. The third-order valence-corrected chi connectivity index (χ3v) is 4.03. The summed E-state index contributed by atoms with van der Waals surface area (Å²) in [6.07, 6.45) is 2.94. The van der Waals surface area contributed by atoms with Crippen LogP contribution in [0.2, 0.25) is 0 Å². The molecule has 0 saturated carbocycles. The molecule has 5 nitrogen and oxygen atoms in total. The van der Waals surface area contributed by atoms with Crippen molar-refractivity contribution in [2.75, 3.05) is 0 Å². The smallest absolute Gasteiger partial charge is 0.211 e. The van der Waals surface area contributed by atoms with Crippen LogP contribution in [0.3, 0.4) is 0 Å². The predicted octanol–water partition coefficient (Wildman–Crippen LogP) is 1.68. The van der Waals surface area contributed by atoms with Crippen molar-refractivity contribution >= 4 is 22.9 Å². The van der Waals surface area contributed by atoms with Crippen LogP contribution in [0, 0.1) is 6.92 Å². The minimum atomic E-state index is -0.307. The molecule has 2 aromatic heterocycles. The lowest BCUT2D eigenvalue weighted by Gasteiger charge is -2.10. The number of rotatable bonds is 1. The highest BCUT2D eigenvalue weighted by Crippen LogP contribution is 2.33. The number of hydrogen-bond donors (Lipinski definition) is 1. The maximum absolute atomic E-state index is 12.2. The molecule has 0 spiro atoms. The largest absolute Gasteiger partial charge is 0.395 e. The molecule has 2 N–H and O–H groups in total. The third kappa shape index (κ3) is 1.64. The lowest BCUT2D eigenvalue weighted by Crippen LogP contribution is -2.22. The lowest BCUT2D eigenvalue weighted by molar-refractivity contribution is 0.0979. The second-order valence-corrected chi connectivity index (χ2v) is 5.32. The van der Waals surface area contributed by atoms with Crippen molar-refractivity contribution in [3.8, 4) is 10.6 Å². The van der Waals surface area contributed by atoms with E-state index < -0.39 is 0 Å². The summed E-state index contributed by atoms with van der Waals surface area (Å²) in [4.78, 5) is 28.5. The number of Topliss-reactive ketones (excluding diaryl/α,β-unsaturated/α-hetero) is 1. The van der Waals surface area contributed by atoms with E-state index in [9.17, 15) is 9.59 Å². The summed E-state index contributed by atoms with van der Waals surface area (Å²) in [6, 6.07) is 0. The van der Waals surface area contributed by atoms with Gasteiger partial charge in [0.25, 0.3) is 0 Å². The first-order valence-electron chi connectivity index (χ1n) is 5.67. The second kappa shape index (κ2) is 3.89. The first-order valence-corrected chi connectivity index (χ1v) is 6.55. The number of allylic oxidation sites excluding steroid dienone is 2. The van der Waals surface area contributed by atoms with E-state index in [0.29, 0.717) is 16.8 Å². The number of thiazole rings is 1. The fourth-order valence-electron chi connectivity index (χ4n) is 2.21. The number of carbonyl (C=O) groups is 2. The lowest BCUT2D eigenvalue weighted by atomic mass is 9.96.